The van der Waals surface area contributed by atoms with Crippen LogP contribution in [0.5, 0.6) is 5.75 Å². The number of carbonyl (C=O) groups excluding carboxylic acids is 1. The molecule has 7 heteroatoms. The highest BCUT2D eigenvalue weighted by molar-refractivity contribution is 14.1. The van der Waals surface area contributed by atoms with Crippen LogP contribution in [0.2, 0.25) is 0 Å². The summed E-state index contributed by atoms with van der Waals surface area (Å²) in [6.45, 7) is 0.323. The van der Waals surface area contributed by atoms with Crippen LogP contribution in [-0.4, -0.2) is 24.9 Å². The minimum atomic E-state index is -0.339. The second-order valence-corrected chi connectivity index (χ2v) is 7.92. The van der Waals surface area contributed by atoms with Crippen molar-refractivity contribution in [1.82, 2.24) is 4.90 Å². The van der Waals surface area contributed by atoms with Gasteiger partial charge in [0.05, 0.1) is 7.14 Å². The van der Waals surface area contributed by atoms with Crippen molar-refractivity contribution in [3.63, 3.8) is 0 Å². The fraction of sp³-hybridized carbons (Fsp3) is 0.158. The number of carbonyl (C=O) groups is 1. The molecular formula is C19H15FI2N2O2. The van der Waals surface area contributed by atoms with Gasteiger partial charge in [0.15, 0.2) is 0 Å². The van der Waals surface area contributed by atoms with Gasteiger partial charge in [-0.05, 0) is 86.7 Å². The summed E-state index contributed by atoms with van der Waals surface area (Å²) in [6.07, 6.45) is 1.57. The van der Waals surface area contributed by atoms with Gasteiger partial charge in [0.1, 0.15) is 29.8 Å². The van der Waals surface area contributed by atoms with Crippen molar-refractivity contribution >= 4 is 57.2 Å². The van der Waals surface area contributed by atoms with E-state index in [0.717, 1.165) is 18.3 Å². The van der Waals surface area contributed by atoms with E-state index < -0.39 is 0 Å². The molecule has 0 bridgehead atoms. The lowest BCUT2D eigenvalue weighted by Gasteiger charge is -2.12. The Labute approximate surface area is 178 Å². The van der Waals surface area contributed by atoms with E-state index in [9.17, 15) is 14.4 Å². The first kappa shape index (κ1) is 20.6. The van der Waals surface area contributed by atoms with Crippen LogP contribution in [0.4, 0.5) is 4.39 Å². The minimum Gasteiger partial charge on any atom is -0.487 e. The number of likely N-dealkylation sites (N-methyl/N-ethyl adjacent to an activating group) is 1. The number of nitriles is 1. The Kier molecular flexibility index (Phi) is 7.40. The third kappa shape index (κ3) is 5.41. The average molecular weight is 576 g/mol. The van der Waals surface area contributed by atoms with E-state index in [-0.39, 0.29) is 17.3 Å². The van der Waals surface area contributed by atoms with Crippen LogP contribution in [0.3, 0.4) is 0 Å². The van der Waals surface area contributed by atoms with Gasteiger partial charge >= 0.3 is 0 Å². The second kappa shape index (κ2) is 9.32. The van der Waals surface area contributed by atoms with Gasteiger partial charge in [0.2, 0.25) is 0 Å². The normalized spacial score (nSPS) is 11.0. The molecule has 2 aromatic rings. The molecule has 0 atom stereocenters. The van der Waals surface area contributed by atoms with Gasteiger partial charge in [-0.25, -0.2) is 4.39 Å². The first-order chi connectivity index (χ1) is 12.3. The van der Waals surface area contributed by atoms with Crippen LogP contribution in [0.1, 0.15) is 11.1 Å². The number of ether oxygens (including phenoxy) is 1. The molecule has 1 amide bonds. The number of amides is 1. The summed E-state index contributed by atoms with van der Waals surface area (Å²) in [5.41, 5.74) is 1.69. The first-order valence-corrected chi connectivity index (χ1v) is 9.67. The van der Waals surface area contributed by atoms with Crippen LogP contribution < -0.4 is 4.74 Å². The lowest BCUT2D eigenvalue weighted by Crippen LogP contribution is -2.22. The summed E-state index contributed by atoms with van der Waals surface area (Å²) in [7, 11) is 3.21. The Morgan fingerprint density at radius 2 is 1.81 bits per heavy atom. The van der Waals surface area contributed by atoms with Crippen molar-refractivity contribution in [2.75, 3.05) is 14.1 Å². The van der Waals surface area contributed by atoms with Crippen LogP contribution in [0.15, 0.2) is 42.0 Å². The molecule has 4 nitrogen and oxygen atoms in total. The van der Waals surface area contributed by atoms with Crippen molar-refractivity contribution in [2.24, 2.45) is 0 Å². The highest BCUT2D eigenvalue weighted by Crippen LogP contribution is 2.30. The van der Waals surface area contributed by atoms with Crippen molar-refractivity contribution in [2.45, 2.75) is 6.61 Å². The molecule has 0 aliphatic heterocycles. The molecule has 0 aliphatic carbocycles. The SMILES string of the molecule is CN(C)C(=O)/C(C#N)=C\c1cc(I)c(OCc2ccc(F)cc2)c(I)c1. The number of benzene rings is 2. The summed E-state index contributed by atoms with van der Waals surface area (Å²) in [5, 5.41) is 9.21. The monoisotopic (exact) mass is 576 g/mol. The average Bonchev–Trinajstić information content (AvgIpc) is 2.59. The van der Waals surface area contributed by atoms with Crippen molar-refractivity contribution in [3.8, 4) is 11.8 Å². The Morgan fingerprint density at radius 3 is 2.31 bits per heavy atom. The van der Waals surface area contributed by atoms with Gasteiger partial charge in [0, 0.05) is 14.1 Å². The zero-order valence-electron chi connectivity index (χ0n) is 14.1. The molecule has 0 saturated heterocycles. The van der Waals surface area contributed by atoms with Gasteiger partial charge in [-0.2, -0.15) is 5.26 Å². The number of halogens is 3. The maximum absolute atomic E-state index is 13.0. The smallest absolute Gasteiger partial charge is 0.264 e. The van der Waals surface area contributed by atoms with E-state index in [0.29, 0.717) is 12.4 Å². The van der Waals surface area contributed by atoms with Gasteiger partial charge in [-0.15, -0.1) is 0 Å². The van der Waals surface area contributed by atoms with E-state index in [1.165, 1.54) is 17.0 Å². The molecule has 0 fully saturated rings. The minimum absolute atomic E-state index is 0.0709. The zero-order valence-corrected chi connectivity index (χ0v) is 18.4. The van der Waals surface area contributed by atoms with Crippen LogP contribution in [-0.2, 0) is 11.4 Å². The number of rotatable bonds is 5. The molecule has 0 N–H and O–H groups in total. The predicted molar refractivity (Wildman–Crippen MR) is 115 cm³/mol. The molecule has 0 aromatic heterocycles. The Balaban J connectivity index is 2.23. The second-order valence-electron chi connectivity index (χ2n) is 5.60. The number of hydrogen-bond donors (Lipinski definition) is 0. The molecule has 0 radical (unpaired) electrons. The standard InChI is InChI=1S/C19H15FI2N2O2/c1-24(2)19(25)14(10-23)7-13-8-16(21)18(17(22)9-13)26-11-12-3-5-15(20)6-4-12/h3-9H,11H2,1-2H3/b14-7-. The fourth-order valence-electron chi connectivity index (χ4n) is 2.09. The lowest BCUT2D eigenvalue weighted by molar-refractivity contribution is -0.124. The van der Waals surface area contributed by atoms with Gasteiger partial charge in [-0.1, -0.05) is 12.1 Å². The van der Waals surface area contributed by atoms with Crippen LogP contribution in [0.25, 0.3) is 6.08 Å². The van der Waals surface area contributed by atoms with E-state index in [4.69, 9.17) is 4.74 Å². The molecule has 0 heterocycles. The van der Waals surface area contributed by atoms with Crippen molar-refractivity contribution < 1.29 is 13.9 Å². The summed E-state index contributed by atoms with van der Waals surface area (Å²) in [6, 6.07) is 11.8. The van der Waals surface area contributed by atoms with E-state index in [1.807, 2.05) is 18.2 Å². The molecule has 26 heavy (non-hydrogen) atoms. The molecular weight excluding hydrogens is 561 g/mol. The molecule has 2 rings (SSSR count). The number of nitrogens with zero attached hydrogens (tertiary/aromatic N) is 2. The zero-order chi connectivity index (χ0) is 19.3. The summed E-state index contributed by atoms with van der Waals surface area (Å²) in [4.78, 5) is 13.3. The highest BCUT2D eigenvalue weighted by atomic mass is 127. The molecule has 0 saturated carbocycles. The Hall–Kier alpha value is -1.67. The van der Waals surface area contributed by atoms with Gasteiger partial charge in [-0.3, -0.25) is 4.79 Å². The Morgan fingerprint density at radius 1 is 1.23 bits per heavy atom. The van der Waals surface area contributed by atoms with Crippen molar-refractivity contribution in [1.29, 1.82) is 5.26 Å². The molecule has 0 unspecified atom stereocenters. The van der Waals surface area contributed by atoms with Crippen molar-refractivity contribution in [3.05, 3.63) is 66.1 Å². The lowest BCUT2D eigenvalue weighted by atomic mass is 10.1. The third-order valence-corrected chi connectivity index (χ3v) is 4.99. The van der Waals surface area contributed by atoms with Gasteiger partial charge in [0.25, 0.3) is 5.91 Å². The predicted octanol–water partition coefficient (Wildman–Crippen LogP) is 4.61. The highest BCUT2D eigenvalue weighted by Gasteiger charge is 2.13. The van der Waals surface area contributed by atoms with Crippen LogP contribution in [0, 0.1) is 24.3 Å². The van der Waals surface area contributed by atoms with Crippen LogP contribution >= 0.6 is 45.2 Å². The molecule has 134 valence electrons. The molecule has 2 aromatic carbocycles. The van der Waals surface area contributed by atoms with Gasteiger partial charge < -0.3 is 9.64 Å². The first-order valence-electron chi connectivity index (χ1n) is 7.51. The van der Waals surface area contributed by atoms with E-state index in [1.54, 1.807) is 32.3 Å². The largest absolute Gasteiger partial charge is 0.487 e. The van der Waals surface area contributed by atoms with E-state index >= 15 is 0 Å². The molecule has 0 aliphatic rings. The summed E-state index contributed by atoms with van der Waals surface area (Å²) < 4.78 is 20.5. The summed E-state index contributed by atoms with van der Waals surface area (Å²) >= 11 is 4.30. The molecule has 0 spiro atoms. The Bertz CT molecular complexity index is 864. The third-order valence-electron chi connectivity index (χ3n) is 3.39. The maximum Gasteiger partial charge on any atom is 0.264 e. The number of hydrogen-bond acceptors (Lipinski definition) is 3. The van der Waals surface area contributed by atoms with E-state index in [2.05, 4.69) is 45.2 Å². The topological polar surface area (TPSA) is 53.3 Å². The quantitative estimate of drug-likeness (QED) is 0.297. The fourth-order valence-corrected chi connectivity index (χ4v) is 4.21. The summed E-state index contributed by atoms with van der Waals surface area (Å²) in [5.74, 6) is 0.0916. The maximum atomic E-state index is 13.0.